The molecule has 0 aromatic carbocycles. The summed E-state index contributed by atoms with van der Waals surface area (Å²) in [7, 11) is 0. The molecule has 1 aliphatic rings. The van der Waals surface area contributed by atoms with Crippen molar-refractivity contribution in [3.63, 3.8) is 0 Å². The maximum absolute atomic E-state index is 11.7. The predicted octanol–water partition coefficient (Wildman–Crippen LogP) is 1.08. The molecule has 4 heteroatoms. The van der Waals surface area contributed by atoms with Crippen LogP contribution in [0.2, 0.25) is 0 Å². The minimum atomic E-state index is -0.133. The van der Waals surface area contributed by atoms with Crippen LogP contribution in [-0.2, 0) is 14.3 Å². The van der Waals surface area contributed by atoms with Gasteiger partial charge in [0, 0.05) is 19.4 Å². The maximum Gasteiger partial charge on any atom is 0.310 e. The average Bonchev–Trinajstić information content (AvgIpc) is 2.27. The standard InChI is InChI=1S/C11H21NO3/c1-2-3-9(8-12)11(13)15-10-4-6-14-7-5-10/h9-10H,2-8,12H2,1H3. The molecule has 4 nitrogen and oxygen atoms in total. The largest absolute Gasteiger partial charge is 0.462 e. The number of nitrogens with two attached hydrogens (primary N) is 1. The number of carbonyl (C=O) groups is 1. The summed E-state index contributed by atoms with van der Waals surface area (Å²) >= 11 is 0. The first-order chi connectivity index (χ1) is 7.27. The third kappa shape index (κ3) is 4.18. The van der Waals surface area contributed by atoms with Crippen molar-refractivity contribution >= 4 is 5.97 Å². The lowest BCUT2D eigenvalue weighted by molar-refractivity contribution is -0.158. The van der Waals surface area contributed by atoms with E-state index in [9.17, 15) is 4.79 Å². The van der Waals surface area contributed by atoms with Crippen molar-refractivity contribution < 1.29 is 14.3 Å². The second-order valence-electron chi connectivity index (χ2n) is 3.97. The maximum atomic E-state index is 11.7. The van der Waals surface area contributed by atoms with E-state index in [0.717, 1.165) is 25.7 Å². The molecule has 1 aliphatic heterocycles. The summed E-state index contributed by atoms with van der Waals surface area (Å²) in [6.07, 6.45) is 3.45. The van der Waals surface area contributed by atoms with Gasteiger partial charge < -0.3 is 15.2 Å². The Morgan fingerprint density at radius 1 is 1.53 bits per heavy atom. The highest BCUT2D eigenvalue weighted by molar-refractivity contribution is 5.72. The Hall–Kier alpha value is -0.610. The summed E-state index contributed by atoms with van der Waals surface area (Å²) in [6.45, 7) is 3.82. The van der Waals surface area contributed by atoms with E-state index < -0.39 is 0 Å². The first kappa shape index (κ1) is 12.5. The fourth-order valence-electron chi connectivity index (χ4n) is 1.73. The Balaban J connectivity index is 2.31. The summed E-state index contributed by atoms with van der Waals surface area (Å²) < 4.78 is 10.6. The summed E-state index contributed by atoms with van der Waals surface area (Å²) in [5, 5.41) is 0. The van der Waals surface area contributed by atoms with Gasteiger partial charge in [0.25, 0.3) is 0 Å². The van der Waals surface area contributed by atoms with Crippen molar-refractivity contribution in [3.05, 3.63) is 0 Å². The first-order valence-corrected chi connectivity index (χ1v) is 5.76. The Morgan fingerprint density at radius 3 is 2.73 bits per heavy atom. The van der Waals surface area contributed by atoms with Gasteiger partial charge in [-0.05, 0) is 6.42 Å². The van der Waals surface area contributed by atoms with Gasteiger partial charge in [-0.15, -0.1) is 0 Å². The van der Waals surface area contributed by atoms with Crippen LogP contribution in [0.25, 0.3) is 0 Å². The third-order valence-corrected chi connectivity index (χ3v) is 2.71. The molecule has 1 fully saturated rings. The second-order valence-corrected chi connectivity index (χ2v) is 3.97. The van der Waals surface area contributed by atoms with Crippen LogP contribution in [0.3, 0.4) is 0 Å². The van der Waals surface area contributed by atoms with E-state index in [1.165, 1.54) is 0 Å². The lowest BCUT2D eigenvalue weighted by atomic mass is 10.0. The van der Waals surface area contributed by atoms with Gasteiger partial charge >= 0.3 is 5.97 Å². The normalized spacial score (nSPS) is 19.9. The molecule has 1 saturated heterocycles. The quantitative estimate of drug-likeness (QED) is 0.697. The molecule has 0 aromatic rings. The highest BCUT2D eigenvalue weighted by Crippen LogP contribution is 2.14. The first-order valence-electron chi connectivity index (χ1n) is 5.76. The molecule has 15 heavy (non-hydrogen) atoms. The molecule has 0 spiro atoms. The van der Waals surface area contributed by atoms with Crippen LogP contribution in [0.1, 0.15) is 32.6 Å². The Bertz CT molecular complexity index is 190. The summed E-state index contributed by atoms with van der Waals surface area (Å²) in [4.78, 5) is 11.7. The van der Waals surface area contributed by atoms with Crippen molar-refractivity contribution in [2.45, 2.75) is 38.7 Å². The fraction of sp³-hybridized carbons (Fsp3) is 0.909. The van der Waals surface area contributed by atoms with Gasteiger partial charge in [-0.25, -0.2) is 0 Å². The molecule has 2 N–H and O–H groups in total. The number of hydrogen-bond donors (Lipinski definition) is 1. The lowest BCUT2D eigenvalue weighted by Gasteiger charge is -2.24. The zero-order chi connectivity index (χ0) is 11.1. The van der Waals surface area contributed by atoms with Gasteiger partial charge in [-0.1, -0.05) is 13.3 Å². The SMILES string of the molecule is CCCC(CN)C(=O)OC1CCOCC1. The zero-order valence-corrected chi connectivity index (χ0v) is 9.41. The van der Waals surface area contributed by atoms with Crippen LogP contribution in [0, 0.1) is 5.92 Å². The van der Waals surface area contributed by atoms with E-state index >= 15 is 0 Å². The molecular weight excluding hydrogens is 194 g/mol. The molecule has 0 radical (unpaired) electrons. The van der Waals surface area contributed by atoms with Crippen LogP contribution in [0.4, 0.5) is 0 Å². The van der Waals surface area contributed by atoms with E-state index in [1.54, 1.807) is 0 Å². The molecule has 0 aliphatic carbocycles. The number of ether oxygens (including phenoxy) is 2. The molecule has 0 amide bonds. The Labute approximate surface area is 91.1 Å². The zero-order valence-electron chi connectivity index (χ0n) is 9.41. The van der Waals surface area contributed by atoms with Crippen molar-refractivity contribution in [2.75, 3.05) is 19.8 Å². The summed E-state index contributed by atoms with van der Waals surface area (Å²) in [5.41, 5.74) is 5.54. The van der Waals surface area contributed by atoms with Crippen molar-refractivity contribution in [1.29, 1.82) is 0 Å². The van der Waals surface area contributed by atoms with Crippen LogP contribution >= 0.6 is 0 Å². The van der Waals surface area contributed by atoms with E-state index in [0.29, 0.717) is 19.8 Å². The summed E-state index contributed by atoms with van der Waals surface area (Å²) in [5.74, 6) is -0.260. The molecule has 0 saturated carbocycles. The van der Waals surface area contributed by atoms with Gasteiger partial charge in [0.2, 0.25) is 0 Å². The molecule has 1 atom stereocenters. The number of rotatable bonds is 5. The minimum Gasteiger partial charge on any atom is -0.462 e. The monoisotopic (exact) mass is 215 g/mol. The van der Waals surface area contributed by atoms with E-state index in [4.69, 9.17) is 15.2 Å². The lowest BCUT2D eigenvalue weighted by Crippen LogP contribution is -2.32. The highest BCUT2D eigenvalue weighted by atomic mass is 16.6. The third-order valence-electron chi connectivity index (χ3n) is 2.71. The predicted molar refractivity (Wildman–Crippen MR) is 57.4 cm³/mol. The Kier molecular flexibility index (Phi) is 5.65. The van der Waals surface area contributed by atoms with Crippen LogP contribution in [0.5, 0.6) is 0 Å². The molecule has 1 unspecified atom stereocenters. The van der Waals surface area contributed by atoms with Crippen LogP contribution in [0.15, 0.2) is 0 Å². The van der Waals surface area contributed by atoms with Gasteiger partial charge in [-0.3, -0.25) is 4.79 Å². The van der Waals surface area contributed by atoms with E-state index in [-0.39, 0.29) is 18.0 Å². The molecule has 0 aromatic heterocycles. The van der Waals surface area contributed by atoms with Crippen LogP contribution < -0.4 is 5.73 Å². The molecule has 0 bridgehead atoms. The van der Waals surface area contributed by atoms with Gasteiger partial charge in [-0.2, -0.15) is 0 Å². The number of esters is 1. The van der Waals surface area contributed by atoms with E-state index in [2.05, 4.69) is 0 Å². The van der Waals surface area contributed by atoms with Crippen LogP contribution in [-0.4, -0.2) is 31.8 Å². The van der Waals surface area contributed by atoms with Crippen molar-refractivity contribution in [2.24, 2.45) is 11.7 Å². The topological polar surface area (TPSA) is 61.6 Å². The molecule has 1 heterocycles. The summed E-state index contributed by atoms with van der Waals surface area (Å²) in [6, 6.07) is 0. The Morgan fingerprint density at radius 2 is 2.20 bits per heavy atom. The van der Waals surface area contributed by atoms with Gasteiger partial charge in [0.1, 0.15) is 6.10 Å². The van der Waals surface area contributed by atoms with Gasteiger partial charge in [0.15, 0.2) is 0 Å². The molecule has 1 rings (SSSR count). The highest BCUT2D eigenvalue weighted by Gasteiger charge is 2.23. The number of hydrogen-bond acceptors (Lipinski definition) is 4. The van der Waals surface area contributed by atoms with Crippen molar-refractivity contribution in [3.8, 4) is 0 Å². The number of carbonyl (C=O) groups excluding carboxylic acids is 1. The second kappa shape index (κ2) is 6.80. The van der Waals surface area contributed by atoms with E-state index in [1.807, 2.05) is 6.92 Å². The fourth-order valence-corrected chi connectivity index (χ4v) is 1.73. The average molecular weight is 215 g/mol. The molecular formula is C11H21NO3. The molecule has 88 valence electrons. The minimum absolute atomic E-state index is 0.0390. The van der Waals surface area contributed by atoms with Crippen molar-refractivity contribution in [1.82, 2.24) is 0 Å². The van der Waals surface area contributed by atoms with Gasteiger partial charge in [0.05, 0.1) is 19.1 Å². The smallest absolute Gasteiger partial charge is 0.310 e.